The van der Waals surface area contributed by atoms with Crippen molar-refractivity contribution in [2.45, 2.75) is 0 Å². The number of hydrogen-bond donors (Lipinski definition) is 0. The monoisotopic (exact) mass is 696 g/mol. The molecule has 250 valence electrons. The van der Waals surface area contributed by atoms with E-state index in [0.717, 1.165) is 70.9 Å². The molecule has 0 saturated carbocycles. The lowest BCUT2D eigenvalue weighted by molar-refractivity contribution is 0.669. The number of nitrogens with zero attached hydrogens (tertiary/aromatic N) is 2. The smallest absolute Gasteiger partial charge is 0.137 e. The molecule has 10 rings (SSSR count). The van der Waals surface area contributed by atoms with Gasteiger partial charge in [-0.3, -0.25) is 0 Å². The summed E-state index contributed by atoms with van der Waals surface area (Å²) in [7, 11) is 0. The number of rotatable bonds is 7. The van der Waals surface area contributed by atoms with Crippen LogP contribution >= 0.6 is 11.3 Å². The molecule has 0 spiro atoms. The van der Waals surface area contributed by atoms with Gasteiger partial charge in [-0.25, -0.2) is 4.98 Å². The van der Waals surface area contributed by atoms with Crippen molar-refractivity contribution in [3.8, 4) is 44.0 Å². The first-order valence-corrected chi connectivity index (χ1v) is 18.6. The Morgan fingerprint density at radius 1 is 0.396 bits per heavy atom. The number of furan rings is 1. The highest BCUT2D eigenvalue weighted by Crippen LogP contribution is 2.42. The second-order valence-corrected chi connectivity index (χ2v) is 14.2. The molecule has 2 aromatic heterocycles. The Morgan fingerprint density at radius 3 is 1.57 bits per heavy atom. The van der Waals surface area contributed by atoms with Crippen LogP contribution in [0, 0.1) is 0 Å². The maximum atomic E-state index is 6.37. The predicted octanol–water partition coefficient (Wildman–Crippen LogP) is 14.3. The first-order chi connectivity index (χ1) is 26.2. The summed E-state index contributed by atoms with van der Waals surface area (Å²) in [6.07, 6.45) is 0. The summed E-state index contributed by atoms with van der Waals surface area (Å²) < 4.78 is 7.52. The van der Waals surface area contributed by atoms with E-state index >= 15 is 0 Å². The van der Waals surface area contributed by atoms with Gasteiger partial charge in [0, 0.05) is 33.4 Å². The normalized spacial score (nSPS) is 11.4. The summed E-state index contributed by atoms with van der Waals surface area (Å²) in [5, 5.41) is 3.25. The lowest BCUT2D eigenvalue weighted by atomic mass is 10.0. The van der Waals surface area contributed by atoms with Crippen LogP contribution in [0.15, 0.2) is 199 Å². The largest absolute Gasteiger partial charge is 0.456 e. The summed E-state index contributed by atoms with van der Waals surface area (Å²) in [5.41, 5.74) is 14.2. The van der Waals surface area contributed by atoms with Crippen LogP contribution in [-0.4, -0.2) is 4.98 Å². The molecule has 2 heterocycles. The number of hydrogen-bond acceptors (Lipinski definition) is 4. The molecule has 0 fully saturated rings. The molecule has 4 heteroatoms. The van der Waals surface area contributed by atoms with E-state index in [0.29, 0.717) is 0 Å². The van der Waals surface area contributed by atoms with Crippen LogP contribution in [0.1, 0.15) is 0 Å². The van der Waals surface area contributed by atoms with Gasteiger partial charge in [0.2, 0.25) is 0 Å². The molecule has 0 aliphatic carbocycles. The van der Waals surface area contributed by atoms with Gasteiger partial charge in [0.05, 0.1) is 10.2 Å². The van der Waals surface area contributed by atoms with E-state index in [1.165, 1.54) is 22.3 Å². The molecule has 53 heavy (non-hydrogen) atoms. The minimum atomic E-state index is 0.881. The number of anilines is 3. The number of thiazole rings is 1. The van der Waals surface area contributed by atoms with E-state index in [2.05, 4.69) is 187 Å². The van der Waals surface area contributed by atoms with Crippen molar-refractivity contribution < 1.29 is 4.42 Å². The topological polar surface area (TPSA) is 29.3 Å². The number of fused-ring (bicyclic) bond motifs is 5. The average molecular weight is 697 g/mol. The molecule has 3 nitrogen and oxygen atoms in total. The van der Waals surface area contributed by atoms with Gasteiger partial charge in [-0.15, -0.1) is 11.3 Å². The van der Waals surface area contributed by atoms with E-state index < -0.39 is 0 Å². The van der Waals surface area contributed by atoms with Gasteiger partial charge in [0.25, 0.3) is 0 Å². The molecule has 8 aromatic carbocycles. The van der Waals surface area contributed by atoms with Crippen LogP contribution in [-0.2, 0) is 0 Å². The Kier molecular flexibility index (Phi) is 7.67. The average Bonchev–Trinajstić information content (AvgIpc) is 3.84. The van der Waals surface area contributed by atoms with Crippen molar-refractivity contribution in [1.29, 1.82) is 0 Å². The lowest BCUT2D eigenvalue weighted by Crippen LogP contribution is -2.10. The second kappa shape index (κ2) is 13.1. The zero-order valence-electron chi connectivity index (χ0n) is 28.7. The molecule has 0 radical (unpaired) electrons. The quantitative estimate of drug-likeness (QED) is 0.166. The molecule has 0 N–H and O–H groups in total. The summed E-state index contributed by atoms with van der Waals surface area (Å²) in [4.78, 5) is 7.33. The highest BCUT2D eigenvalue weighted by molar-refractivity contribution is 7.22. The van der Waals surface area contributed by atoms with Crippen LogP contribution in [0.2, 0.25) is 0 Å². The van der Waals surface area contributed by atoms with Gasteiger partial charge in [0.15, 0.2) is 0 Å². The third-order valence-corrected chi connectivity index (χ3v) is 11.0. The van der Waals surface area contributed by atoms with Crippen molar-refractivity contribution >= 4 is 60.6 Å². The number of benzene rings is 8. The molecule has 0 atom stereocenters. The first kappa shape index (κ1) is 31.0. The predicted molar refractivity (Wildman–Crippen MR) is 223 cm³/mol. The fourth-order valence-electron chi connectivity index (χ4n) is 7.27. The first-order valence-electron chi connectivity index (χ1n) is 17.8. The summed E-state index contributed by atoms with van der Waals surface area (Å²) in [6, 6.07) is 68.6. The van der Waals surface area contributed by atoms with Gasteiger partial charge in [0.1, 0.15) is 16.2 Å². The van der Waals surface area contributed by atoms with Crippen LogP contribution in [0.3, 0.4) is 0 Å². The Morgan fingerprint density at radius 2 is 0.906 bits per heavy atom. The van der Waals surface area contributed by atoms with Crippen molar-refractivity contribution in [3.05, 3.63) is 194 Å². The Bertz CT molecular complexity index is 2860. The fourth-order valence-corrected chi connectivity index (χ4v) is 8.39. The maximum Gasteiger partial charge on any atom is 0.137 e. The second-order valence-electron chi connectivity index (χ2n) is 13.2. The van der Waals surface area contributed by atoms with Gasteiger partial charge >= 0.3 is 0 Å². The maximum absolute atomic E-state index is 6.37. The summed E-state index contributed by atoms with van der Waals surface area (Å²) in [6.45, 7) is 0. The van der Waals surface area contributed by atoms with Crippen molar-refractivity contribution in [2.24, 2.45) is 0 Å². The van der Waals surface area contributed by atoms with Crippen molar-refractivity contribution in [1.82, 2.24) is 4.98 Å². The van der Waals surface area contributed by atoms with E-state index in [1.807, 2.05) is 12.1 Å². The molecule has 0 amide bonds. The highest BCUT2D eigenvalue weighted by Gasteiger charge is 2.17. The standard InChI is InChI=1S/C49H32N2OS/c1-4-11-33(12-5-1)35-19-24-40(25-20-35)51(42-18-10-17-38(31-42)34-13-6-2-7-14-34)41-26-21-36(22-27-41)39-23-29-45-43(32-39)47-46(52-45)30-28-44-48(47)53-49(50-44)37-15-8-3-9-16-37/h1-32H. The van der Waals surface area contributed by atoms with Gasteiger partial charge in [-0.1, -0.05) is 133 Å². The minimum absolute atomic E-state index is 0.881. The molecule has 0 aliphatic heterocycles. The SMILES string of the molecule is c1ccc(-c2ccc(N(c3ccc(-c4ccc5oc6ccc7nc(-c8ccccc8)sc7c6c5c4)cc3)c3cccc(-c4ccccc4)c3)cc2)cc1. The fraction of sp³-hybridized carbons (Fsp3) is 0. The van der Waals surface area contributed by atoms with E-state index in [-0.39, 0.29) is 0 Å². The van der Waals surface area contributed by atoms with Crippen LogP contribution < -0.4 is 4.90 Å². The third kappa shape index (κ3) is 5.76. The molecule has 0 saturated heterocycles. The van der Waals surface area contributed by atoms with E-state index in [9.17, 15) is 0 Å². The van der Waals surface area contributed by atoms with Gasteiger partial charge in [-0.05, 0) is 94.0 Å². The molecular weight excluding hydrogens is 665 g/mol. The lowest BCUT2D eigenvalue weighted by Gasteiger charge is -2.26. The van der Waals surface area contributed by atoms with Crippen LogP contribution in [0.5, 0.6) is 0 Å². The van der Waals surface area contributed by atoms with Gasteiger partial charge < -0.3 is 9.32 Å². The van der Waals surface area contributed by atoms with Crippen LogP contribution in [0.25, 0.3) is 76.1 Å². The highest BCUT2D eigenvalue weighted by atomic mass is 32.1. The molecule has 0 aliphatic rings. The third-order valence-electron chi connectivity index (χ3n) is 9.91. The van der Waals surface area contributed by atoms with Crippen molar-refractivity contribution in [2.75, 3.05) is 4.90 Å². The Hall–Kier alpha value is -6.75. The summed E-state index contributed by atoms with van der Waals surface area (Å²) >= 11 is 1.72. The summed E-state index contributed by atoms with van der Waals surface area (Å²) in [5.74, 6) is 0. The molecular formula is C49H32N2OS. The zero-order chi connectivity index (χ0) is 35.1. The Balaban J connectivity index is 1.05. The molecule has 10 aromatic rings. The zero-order valence-corrected chi connectivity index (χ0v) is 29.5. The number of aromatic nitrogens is 1. The minimum Gasteiger partial charge on any atom is -0.456 e. The van der Waals surface area contributed by atoms with Crippen LogP contribution in [0.4, 0.5) is 17.1 Å². The van der Waals surface area contributed by atoms with Crippen molar-refractivity contribution in [3.63, 3.8) is 0 Å². The van der Waals surface area contributed by atoms with E-state index in [4.69, 9.17) is 9.40 Å². The molecule has 0 bridgehead atoms. The van der Waals surface area contributed by atoms with Gasteiger partial charge in [-0.2, -0.15) is 0 Å². The molecule has 0 unspecified atom stereocenters. The van der Waals surface area contributed by atoms with E-state index in [1.54, 1.807) is 11.3 Å². The Labute approximate surface area is 311 Å².